The van der Waals surface area contributed by atoms with Crippen LogP contribution >= 0.6 is 12.2 Å². The fourth-order valence-electron chi connectivity index (χ4n) is 5.10. The molecular formula is C34H28N4O3S. The lowest BCUT2D eigenvalue weighted by Crippen LogP contribution is -2.40. The first kappa shape index (κ1) is 27.0. The van der Waals surface area contributed by atoms with Crippen LogP contribution in [0.3, 0.4) is 0 Å². The Bertz CT molecular complexity index is 1780. The zero-order chi connectivity index (χ0) is 28.9. The quantitative estimate of drug-likeness (QED) is 0.138. The summed E-state index contributed by atoms with van der Waals surface area (Å²) in [5.41, 5.74) is 4.48. The number of oxazole rings is 1. The molecule has 8 heteroatoms. The zero-order valence-corrected chi connectivity index (χ0v) is 23.3. The summed E-state index contributed by atoms with van der Waals surface area (Å²) < 4.78 is 6.28. The van der Waals surface area contributed by atoms with Crippen molar-refractivity contribution in [2.45, 2.75) is 18.5 Å². The SMILES string of the molecule is O=C(O)c1nc(C(Cc2ccccc2)NC(=S)NC(c2ccccc2)c2ccccc2)oc1-c1c[nH]c2ccccc12. The summed E-state index contributed by atoms with van der Waals surface area (Å²) in [5, 5.41) is 18.2. The van der Waals surface area contributed by atoms with E-state index in [0.717, 1.165) is 27.6 Å². The van der Waals surface area contributed by atoms with Gasteiger partial charge >= 0.3 is 5.97 Å². The van der Waals surface area contributed by atoms with E-state index >= 15 is 0 Å². The fraction of sp³-hybridized carbons (Fsp3) is 0.0882. The van der Waals surface area contributed by atoms with Gasteiger partial charge in [0.05, 0.1) is 6.04 Å². The number of nitrogens with one attached hydrogen (secondary N) is 3. The van der Waals surface area contributed by atoms with Crippen LogP contribution < -0.4 is 10.6 Å². The van der Waals surface area contributed by atoms with Crippen molar-refractivity contribution in [2.75, 3.05) is 0 Å². The zero-order valence-electron chi connectivity index (χ0n) is 22.5. The number of carboxylic acids is 1. The van der Waals surface area contributed by atoms with Gasteiger partial charge in [-0.2, -0.15) is 0 Å². The third kappa shape index (κ3) is 5.80. The van der Waals surface area contributed by atoms with Crippen LogP contribution in [0, 0.1) is 0 Å². The summed E-state index contributed by atoms with van der Waals surface area (Å²) in [7, 11) is 0. The van der Waals surface area contributed by atoms with E-state index in [1.54, 1.807) is 6.20 Å². The number of nitrogens with zero attached hydrogens (tertiary/aromatic N) is 1. The molecule has 0 spiro atoms. The maximum absolute atomic E-state index is 12.3. The summed E-state index contributed by atoms with van der Waals surface area (Å²) in [5.74, 6) is -0.741. The molecule has 0 aliphatic carbocycles. The average molecular weight is 573 g/mol. The number of hydrogen-bond acceptors (Lipinski definition) is 4. The second-order valence-corrected chi connectivity index (χ2v) is 10.3. The van der Waals surface area contributed by atoms with Crippen molar-refractivity contribution < 1.29 is 14.3 Å². The van der Waals surface area contributed by atoms with Gasteiger partial charge in [0, 0.05) is 29.1 Å². The molecule has 42 heavy (non-hydrogen) atoms. The fourth-order valence-corrected chi connectivity index (χ4v) is 5.36. The van der Waals surface area contributed by atoms with E-state index < -0.39 is 12.0 Å². The Morgan fingerprint density at radius 2 is 1.43 bits per heavy atom. The Hall–Kier alpha value is -5.21. The average Bonchev–Trinajstić information content (AvgIpc) is 3.66. The molecule has 0 saturated heterocycles. The number of para-hydroxylation sites is 1. The van der Waals surface area contributed by atoms with Gasteiger partial charge in [0.2, 0.25) is 5.89 Å². The molecule has 6 rings (SSSR count). The molecule has 0 amide bonds. The van der Waals surface area contributed by atoms with Crippen molar-refractivity contribution >= 4 is 34.2 Å². The molecule has 0 fully saturated rings. The summed E-state index contributed by atoms with van der Waals surface area (Å²) in [6.45, 7) is 0. The number of aromatic amines is 1. The van der Waals surface area contributed by atoms with E-state index in [-0.39, 0.29) is 23.4 Å². The molecule has 0 bridgehead atoms. The lowest BCUT2D eigenvalue weighted by Gasteiger charge is -2.24. The number of carbonyl (C=O) groups is 1. The van der Waals surface area contributed by atoms with E-state index in [2.05, 4.69) is 44.9 Å². The van der Waals surface area contributed by atoms with E-state index in [9.17, 15) is 9.90 Å². The molecule has 2 aromatic heterocycles. The normalized spacial score (nSPS) is 11.8. The highest BCUT2D eigenvalue weighted by Crippen LogP contribution is 2.34. The highest BCUT2D eigenvalue weighted by molar-refractivity contribution is 7.80. The second kappa shape index (κ2) is 12.1. The highest BCUT2D eigenvalue weighted by Gasteiger charge is 2.28. The van der Waals surface area contributed by atoms with Crippen LogP contribution in [0.5, 0.6) is 0 Å². The monoisotopic (exact) mass is 572 g/mol. The number of hydrogen-bond donors (Lipinski definition) is 4. The maximum atomic E-state index is 12.3. The first-order chi connectivity index (χ1) is 20.6. The van der Waals surface area contributed by atoms with Gasteiger partial charge < -0.3 is 25.1 Å². The van der Waals surface area contributed by atoms with Crippen LogP contribution in [0.15, 0.2) is 126 Å². The van der Waals surface area contributed by atoms with Crippen molar-refractivity contribution in [1.29, 1.82) is 0 Å². The number of aromatic carboxylic acids is 1. The first-order valence-electron chi connectivity index (χ1n) is 13.6. The third-order valence-corrected chi connectivity index (χ3v) is 7.34. The van der Waals surface area contributed by atoms with Gasteiger partial charge in [0.1, 0.15) is 6.04 Å². The van der Waals surface area contributed by atoms with Gasteiger partial charge in [-0.25, -0.2) is 9.78 Å². The summed E-state index contributed by atoms with van der Waals surface area (Å²) >= 11 is 5.84. The lowest BCUT2D eigenvalue weighted by molar-refractivity contribution is 0.0691. The van der Waals surface area contributed by atoms with Crippen LogP contribution in [0.4, 0.5) is 0 Å². The minimum atomic E-state index is -1.17. The Labute approximate surface area is 248 Å². The molecule has 0 radical (unpaired) electrons. The molecule has 2 heterocycles. The Balaban J connectivity index is 1.35. The predicted octanol–water partition coefficient (Wildman–Crippen LogP) is 7.06. The minimum Gasteiger partial charge on any atom is -0.476 e. The van der Waals surface area contributed by atoms with Gasteiger partial charge in [-0.3, -0.25) is 0 Å². The molecule has 208 valence electrons. The van der Waals surface area contributed by atoms with Gasteiger partial charge in [-0.05, 0) is 35.0 Å². The van der Waals surface area contributed by atoms with Crippen LogP contribution in [0.1, 0.15) is 45.2 Å². The molecule has 4 N–H and O–H groups in total. The number of fused-ring (bicyclic) bond motifs is 1. The number of thiocarbonyl (C=S) groups is 1. The summed E-state index contributed by atoms with van der Waals surface area (Å²) in [4.78, 5) is 20.0. The number of benzene rings is 4. The van der Waals surface area contributed by atoms with Crippen LogP contribution in [0.2, 0.25) is 0 Å². The summed E-state index contributed by atoms with van der Waals surface area (Å²) in [6, 6.07) is 36.9. The number of H-pyrrole nitrogens is 1. The minimum absolute atomic E-state index is 0.153. The van der Waals surface area contributed by atoms with Crippen molar-refractivity contribution in [2.24, 2.45) is 0 Å². The van der Waals surface area contributed by atoms with Crippen LogP contribution in [-0.2, 0) is 6.42 Å². The Morgan fingerprint density at radius 3 is 2.07 bits per heavy atom. The van der Waals surface area contributed by atoms with E-state index in [1.165, 1.54) is 0 Å². The van der Waals surface area contributed by atoms with Crippen molar-refractivity contribution in [1.82, 2.24) is 20.6 Å². The van der Waals surface area contributed by atoms with Crippen molar-refractivity contribution in [3.63, 3.8) is 0 Å². The Kier molecular flexibility index (Phi) is 7.79. The smallest absolute Gasteiger partial charge is 0.358 e. The predicted molar refractivity (Wildman–Crippen MR) is 167 cm³/mol. The van der Waals surface area contributed by atoms with Crippen molar-refractivity contribution in [3.05, 3.63) is 150 Å². The number of carboxylic acid groups (broad SMARTS) is 1. The van der Waals surface area contributed by atoms with Crippen LogP contribution in [0.25, 0.3) is 22.2 Å². The van der Waals surface area contributed by atoms with Crippen LogP contribution in [-0.4, -0.2) is 26.2 Å². The lowest BCUT2D eigenvalue weighted by atomic mass is 9.99. The van der Waals surface area contributed by atoms with Gasteiger partial charge in [0.25, 0.3) is 0 Å². The molecule has 1 atom stereocenters. The maximum Gasteiger partial charge on any atom is 0.358 e. The standard InChI is InChI=1S/C34H28N4O3S/c39-33(40)30-31(26-21-35-27-19-11-10-18-25(26)27)41-32(37-30)28(20-22-12-4-1-5-13-22)36-34(42)38-29(23-14-6-2-7-15-23)24-16-8-3-9-17-24/h1-19,21,28-29,35H,20H2,(H,39,40)(H2,36,38,42). The largest absolute Gasteiger partial charge is 0.476 e. The van der Waals surface area contributed by atoms with E-state index in [0.29, 0.717) is 17.1 Å². The van der Waals surface area contributed by atoms with E-state index in [1.807, 2.05) is 91.0 Å². The molecule has 4 aromatic carbocycles. The summed E-state index contributed by atoms with van der Waals surface area (Å²) in [6.07, 6.45) is 2.22. The molecular weight excluding hydrogens is 544 g/mol. The number of rotatable bonds is 9. The molecule has 0 aliphatic rings. The van der Waals surface area contributed by atoms with Gasteiger partial charge in [0.15, 0.2) is 16.6 Å². The molecule has 6 aromatic rings. The topological polar surface area (TPSA) is 103 Å². The first-order valence-corrected chi connectivity index (χ1v) is 14.0. The number of aromatic nitrogens is 2. The molecule has 1 unspecified atom stereocenters. The van der Waals surface area contributed by atoms with Gasteiger partial charge in [-0.15, -0.1) is 0 Å². The Morgan fingerprint density at radius 1 is 0.833 bits per heavy atom. The van der Waals surface area contributed by atoms with Gasteiger partial charge in [-0.1, -0.05) is 109 Å². The third-order valence-electron chi connectivity index (χ3n) is 7.11. The van der Waals surface area contributed by atoms with E-state index in [4.69, 9.17) is 16.6 Å². The molecule has 7 nitrogen and oxygen atoms in total. The van der Waals surface area contributed by atoms with Crippen molar-refractivity contribution in [3.8, 4) is 11.3 Å². The molecule has 0 saturated carbocycles. The highest BCUT2D eigenvalue weighted by atomic mass is 32.1. The second-order valence-electron chi connectivity index (χ2n) is 9.90. The molecule has 0 aliphatic heterocycles.